The van der Waals surface area contributed by atoms with Crippen molar-refractivity contribution in [2.75, 3.05) is 20.2 Å². The Morgan fingerprint density at radius 2 is 2.06 bits per heavy atom. The van der Waals surface area contributed by atoms with E-state index in [-0.39, 0.29) is 11.4 Å². The molecule has 0 spiro atoms. The fourth-order valence-corrected chi connectivity index (χ4v) is 3.85. The Labute approximate surface area is 100 Å². The number of sulfone groups is 1. The van der Waals surface area contributed by atoms with Gasteiger partial charge in [0.05, 0.1) is 13.2 Å². The van der Waals surface area contributed by atoms with Gasteiger partial charge in [-0.05, 0) is 12.1 Å². The molecule has 1 aliphatic heterocycles. The molecule has 1 aromatic rings. The molecule has 0 radical (unpaired) electrons. The summed E-state index contributed by atoms with van der Waals surface area (Å²) in [4.78, 5) is 0.134. The average molecular weight is 257 g/mol. The van der Waals surface area contributed by atoms with E-state index in [1.165, 1.54) is 13.2 Å². The number of methoxy groups -OCH3 is 1. The Bertz CT molecular complexity index is 500. The lowest BCUT2D eigenvalue weighted by Gasteiger charge is -2.16. The van der Waals surface area contributed by atoms with E-state index in [2.05, 4.69) is 5.32 Å². The highest BCUT2D eigenvalue weighted by atomic mass is 32.2. The Morgan fingerprint density at radius 3 is 2.65 bits per heavy atom. The lowest BCUT2D eigenvalue weighted by atomic mass is 10.3. The average Bonchev–Trinajstić information content (AvgIpc) is 2.76. The largest absolute Gasteiger partial charge is 0.495 e. The maximum absolute atomic E-state index is 12.3. The van der Waals surface area contributed by atoms with Gasteiger partial charge in [0.15, 0.2) is 9.84 Å². The van der Waals surface area contributed by atoms with Crippen LogP contribution in [0.1, 0.15) is 0 Å². The molecule has 5 nitrogen and oxygen atoms in total. The monoisotopic (exact) mass is 257 g/mol. The van der Waals surface area contributed by atoms with Crippen LogP contribution < -0.4 is 10.1 Å². The van der Waals surface area contributed by atoms with E-state index in [4.69, 9.17) is 4.74 Å². The number of aliphatic hydroxyl groups excluding tert-OH is 1. The van der Waals surface area contributed by atoms with E-state index in [0.717, 1.165) is 0 Å². The second-order valence-electron chi connectivity index (χ2n) is 3.96. The Balaban J connectivity index is 2.44. The summed E-state index contributed by atoms with van der Waals surface area (Å²) in [5.41, 5.74) is 0. The summed E-state index contributed by atoms with van der Waals surface area (Å²) >= 11 is 0. The van der Waals surface area contributed by atoms with Crippen molar-refractivity contribution in [3.05, 3.63) is 24.3 Å². The van der Waals surface area contributed by atoms with Gasteiger partial charge in [0.2, 0.25) is 0 Å². The molecular formula is C11H15NO4S. The number of ether oxygens (including phenoxy) is 1. The number of benzene rings is 1. The molecule has 0 amide bonds. The van der Waals surface area contributed by atoms with Gasteiger partial charge < -0.3 is 15.2 Å². The summed E-state index contributed by atoms with van der Waals surface area (Å²) in [5.74, 6) is 0.312. The second kappa shape index (κ2) is 4.64. The lowest BCUT2D eigenvalue weighted by molar-refractivity contribution is 0.198. The van der Waals surface area contributed by atoms with Gasteiger partial charge >= 0.3 is 0 Å². The van der Waals surface area contributed by atoms with Crippen molar-refractivity contribution in [1.29, 1.82) is 0 Å². The molecule has 0 aliphatic carbocycles. The Hall–Kier alpha value is -1.11. The van der Waals surface area contributed by atoms with Gasteiger partial charge in [-0.1, -0.05) is 12.1 Å². The zero-order valence-electron chi connectivity index (χ0n) is 9.46. The smallest absolute Gasteiger partial charge is 0.188 e. The van der Waals surface area contributed by atoms with Gasteiger partial charge in [-0.2, -0.15) is 0 Å². The molecule has 2 N–H and O–H groups in total. The van der Waals surface area contributed by atoms with Crippen LogP contribution in [0.2, 0.25) is 0 Å². The number of β-amino-alcohol motifs (C(OH)–C–C–N with tert-alkyl or cyclic N) is 1. The third-order valence-electron chi connectivity index (χ3n) is 2.90. The predicted molar refractivity (Wildman–Crippen MR) is 62.8 cm³/mol. The topological polar surface area (TPSA) is 75.6 Å². The minimum absolute atomic E-state index is 0.134. The van der Waals surface area contributed by atoms with Crippen molar-refractivity contribution in [3.8, 4) is 5.75 Å². The van der Waals surface area contributed by atoms with E-state index in [9.17, 15) is 13.5 Å². The standard InChI is InChI=1S/C11H15NO4S/c1-16-9-4-2-3-5-10(9)17(14,15)11-7-12-6-8(11)13/h2-5,8,11-13H,6-7H2,1H3/t8-,11-/m0/s1. The quantitative estimate of drug-likeness (QED) is 0.784. The van der Waals surface area contributed by atoms with E-state index >= 15 is 0 Å². The van der Waals surface area contributed by atoms with Crippen LogP contribution in [-0.2, 0) is 9.84 Å². The van der Waals surface area contributed by atoms with Gasteiger partial charge in [0.25, 0.3) is 0 Å². The Morgan fingerprint density at radius 1 is 1.35 bits per heavy atom. The molecule has 6 heteroatoms. The van der Waals surface area contributed by atoms with E-state index in [1.54, 1.807) is 18.2 Å². The van der Waals surface area contributed by atoms with Crippen LogP contribution in [0.25, 0.3) is 0 Å². The number of nitrogens with one attached hydrogen (secondary N) is 1. The van der Waals surface area contributed by atoms with Crippen molar-refractivity contribution < 1.29 is 18.3 Å². The van der Waals surface area contributed by atoms with E-state index in [1.807, 2.05) is 0 Å². The van der Waals surface area contributed by atoms with Gasteiger partial charge in [-0.25, -0.2) is 8.42 Å². The minimum Gasteiger partial charge on any atom is -0.495 e. The van der Waals surface area contributed by atoms with Crippen LogP contribution in [-0.4, -0.2) is 45.1 Å². The first kappa shape index (κ1) is 12.3. The number of hydrogen-bond donors (Lipinski definition) is 2. The second-order valence-corrected chi connectivity index (χ2v) is 6.10. The molecule has 1 fully saturated rings. The third-order valence-corrected chi connectivity index (χ3v) is 5.13. The molecule has 2 rings (SSSR count). The van der Waals surface area contributed by atoms with Crippen molar-refractivity contribution in [2.24, 2.45) is 0 Å². The van der Waals surface area contributed by atoms with E-state index < -0.39 is 21.2 Å². The van der Waals surface area contributed by atoms with Crippen molar-refractivity contribution >= 4 is 9.84 Å². The molecule has 0 aromatic heterocycles. The lowest BCUT2D eigenvalue weighted by Crippen LogP contribution is -2.33. The molecule has 1 aliphatic rings. The van der Waals surface area contributed by atoms with Crippen LogP contribution in [0, 0.1) is 0 Å². The number of rotatable bonds is 3. The van der Waals surface area contributed by atoms with Crippen LogP contribution in [0.5, 0.6) is 5.75 Å². The highest BCUT2D eigenvalue weighted by molar-refractivity contribution is 7.92. The first-order valence-corrected chi connectivity index (χ1v) is 6.87. The first-order chi connectivity index (χ1) is 8.07. The maximum Gasteiger partial charge on any atom is 0.188 e. The molecule has 1 heterocycles. The van der Waals surface area contributed by atoms with Gasteiger partial charge in [-0.3, -0.25) is 0 Å². The molecule has 94 valence electrons. The first-order valence-electron chi connectivity index (χ1n) is 5.33. The summed E-state index contributed by atoms with van der Waals surface area (Å²) in [6.07, 6.45) is -0.870. The molecular weight excluding hydrogens is 242 g/mol. The molecule has 2 atom stereocenters. The molecule has 17 heavy (non-hydrogen) atoms. The van der Waals surface area contributed by atoms with Crippen molar-refractivity contribution in [1.82, 2.24) is 5.32 Å². The highest BCUT2D eigenvalue weighted by Crippen LogP contribution is 2.28. The number of para-hydroxylation sites is 1. The van der Waals surface area contributed by atoms with Crippen LogP contribution >= 0.6 is 0 Å². The van der Waals surface area contributed by atoms with Crippen molar-refractivity contribution in [2.45, 2.75) is 16.2 Å². The fourth-order valence-electron chi connectivity index (χ4n) is 1.97. The third kappa shape index (κ3) is 2.15. The van der Waals surface area contributed by atoms with E-state index in [0.29, 0.717) is 12.3 Å². The SMILES string of the molecule is COc1ccccc1S(=O)(=O)[C@H]1CNC[C@@H]1O. The summed E-state index contributed by atoms with van der Waals surface area (Å²) < 4.78 is 29.7. The van der Waals surface area contributed by atoms with Gasteiger partial charge in [0.1, 0.15) is 15.9 Å². The van der Waals surface area contributed by atoms with Crippen LogP contribution in [0.3, 0.4) is 0 Å². The zero-order valence-corrected chi connectivity index (χ0v) is 10.3. The number of hydrogen-bond acceptors (Lipinski definition) is 5. The molecule has 1 saturated heterocycles. The van der Waals surface area contributed by atoms with Gasteiger partial charge in [-0.15, -0.1) is 0 Å². The minimum atomic E-state index is -3.57. The maximum atomic E-state index is 12.3. The summed E-state index contributed by atoms with van der Waals surface area (Å²) in [5, 5.41) is 11.7. The molecule has 0 unspecified atom stereocenters. The molecule has 1 aromatic carbocycles. The van der Waals surface area contributed by atoms with Crippen LogP contribution in [0.4, 0.5) is 0 Å². The summed E-state index contributed by atoms with van der Waals surface area (Å²) in [6.45, 7) is 0.570. The molecule has 0 saturated carbocycles. The molecule has 0 bridgehead atoms. The zero-order chi connectivity index (χ0) is 12.5. The normalized spacial score (nSPS) is 24.8. The fraction of sp³-hybridized carbons (Fsp3) is 0.455. The summed E-state index contributed by atoms with van der Waals surface area (Å²) in [6, 6.07) is 6.45. The van der Waals surface area contributed by atoms with Gasteiger partial charge in [0, 0.05) is 13.1 Å². The highest BCUT2D eigenvalue weighted by Gasteiger charge is 2.38. The van der Waals surface area contributed by atoms with Crippen LogP contribution in [0.15, 0.2) is 29.2 Å². The predicted octanol–water partition coefficient (Wildman–Crippen LogP) is -0.198. The number of aliphatic hydroxyl groups is 1. The summed E-state index contributed by atoms with van der Waals surface area (Å²) in [7, 11) is -2.14. The Kier molecular flexibility index (Phi) is 3.37. The van der Waals surface area contributed by atoms with Crippen molar-refractivity contribution in [3.63, 3.8) is 0 Å².